The van der Waals surface area contributed by atoms with Crippen molar-refractivity contribution in [3.8, 4) is 6.08 Å². The van der Waals surface area contributed by atoms with Gasteiger partial charge in [-0.1, -0.05) is 6.42 Å². The molecule has 16 heavy (non-hydrogen) atoms. The molecular formula is C11H18N2O3. The number of oxazole rings is 1. The first kappa shape index (κ1) is 11.4. The zero-order valence-electron chi connectivity index (χ0n) is 9.39. The standard InChI is InChI=1S/C11H18N2O3/c14-8-10-9-16-11(12-10)15-7-6-13-4-2-1-3-5-13/h9,14H,1-8H2. The fraction of sp³-hybridized carbons (Fsp3) is 0.727. The Morgan fingerprint density at radius 2 is 2.19 bits per heavy atom. The lowest BCUT2D eigenvalue weighted by molar-refractivity contribution is 0.159. The highest BCUT2D eigenvalue weighted by molar-refractivity contribution is 4.97. The van der Waals surface area contributed by atoms with Crippen LogP contribution < -0.4 is 4.74 Å². The van der Waals surface area contributed by atoms with Crippen molar-refractivity contribution in [3.63, 3.8) is 0 Å². The molecule has 2 rings (SSSR count). The number of aromatic nitrogens is 1. The van der Waals surface area contributed by atoms with Crippen LogP contribution in [0.2, 0.25) is 0 Å². The number of piperidine rings is 1. The molecule has 90 valence electrons. The largest absolute Gasteiger partial charge is 0.449 e. The maximum atomic E-state index is 8.79. The fourth-order valence-corrected chi connectivity index (χ4v) is 1.87. The minimum atomic E-state index is -0.112. The smallest absolute Gasteiger partial charge is 0.393 e. The van der Waals surface area contributed by atoms with Gasteiger partial charge in [-0.05, 0) is 25.9 Å². The molecule has 1 aliphatic rings. The Balaban J connectivity index is 1.66. The molecule has 0 aromatic carbocycles. The molecule has 1 fully saturated rings. The molecule has 0 atom stereocenters. The summed E-state index contributed by atoms with van der Waals surface area (Å²) in [6, 6.07) is 0. The summed E-state index contributed by atoms with van der Waals surface area (Å²) in [7, 11) is 0. The van der Waals surface area contributed by atoms with Crippen molar-refractivity contribution < 1.29 is 14.3 Å². The first-order valence-corrected chi connectivity index (χ1v) is 5.79. The van der Waals surface area contributed by atoms with Crippen LogP contribution in [0.1, 0.15) is 25.0 Å². The van der Waals surface area contributed by atoms with Crippen molar-refractivity contribution in [1.29, 1.82) is 0 Å². The van der Waals surface area contributed by atoms with E-state index in [1.165, 1.54) is 25.5 Å². The molecule has 2 heterocycles. The van der Waals surface area contributed by atoms with Gasteiger partial charge in [-0.2, -0.15) is 4.98 Å². The molecule has 0 saturated carbocycles. The molecule has 5 heteroatoms. The van der Waals surface area contributed by atoms with Crippen LogP contribution in [0.3, 0.4) is 0 Å². The van der Waals surface area contributed by atoms with E-state index in [0.717, 1.165) is 19.6 Å². The Morgan fingerprint density at radius 3 is 2.88 bits per heavy atom. The Hall–Kier alpha value is -1.07. The minimum absolute atomic E-state index is 0.112. The quantitative estimate of drug-likeness (QED) is 0.812. The SMILES string of the molecule is OCc1coc(OCCN2CCCCC2)n1. The second-order valence-corrected chi connectivity index (χ2v) is 4.01. The van der Waals surface area contributed by atoms with Gasteiger partial charge in [0.1, 0.15) is 18.6 Å². The molecule has 0 amide bonds. The predicted molar refractivity (Wildman–Crippen MR) is 58.2 cm³/mol. The Kier molecular flexibility index (Phi) is 4.18. The zero-order valence-corrected chi connectivity index (χ0v) is 9.39. The number of aliphatic hydroxyl groups excluding tert-OH is 1. The van der Waals surface area contributed by atoms with E-state index in [2.05, 4.69) is 9.88 Å². The number of rotatable bonds is 5. The number of aliphatic hydroxyl groups is 1. The van der Waals surface area contributed by atoms with E-state index in [1.807, 2.05) is 0 Å². The van der Waals surface area contributed by atoms with E-state index in [4.69, 9.17) is 14.3 Å². The molecule has 0 bridgehead atoms. The topological polar surface area (TPSA) is 58.7 Å². The summed E-state index contributed by atoms with van der Waals surface area (Å²) < 4.78 is 10.4. The third-order valence-corrected chi connectivity index (χ3v) is 2.77. The second-order valence-electron chi connectivity index (χ2n) is 4.01. The Labute approximate surface area is 95.0 Å². The summed E-state index contributed by atoms with van der Waals surface area (Å²) in [5.41, 5.74) is 0.507. The number of likely N-dealkylation sites (tertiary alicyclic amines) is 1. The van der Waals surface area contributed by atoms with E-state index in [-0.39, 0.29) is 12.7 Å². The van der Waals surface area contributed by atoms with Gasteiger partial charge in [0, 0.05) is 6.54 Å². The second kappa shape index (κ2) is 5.86. The summed E-state index contributed by atoms with van der Waals surface area (Å²) in [4.78, 5) is 6.34. The first-order valence-electron chi connectivity index (χ1n) is 5.79. The van der Waals surface area contributed by atoms with Gasteiger partial charge in [0.05, 0.1) is 6.61 Å². The fourth-order valence-electron chi connectivity index (χ4n) is 1.87. The van der Waals surface area contributed by atoms with Crippen LogP contribution in [0, 0.1) is 0 Å². The van der Waals surface area contributed by atoms with Crippen LogP contribution >= 0.6 is 0 Å². The van der Waals surface area contributed by atoms with Crippen molar-refractivity contribution in [1.82, 2.24) is 9.88 Å². The molecule has 0 radical (unpaired) electrons. The third-order valence-electron chi connectivity index (χ3n) is 2.77. The lowest BCUT2D eigenvalue weighted by Crippen LogP contribution is -2.33. The van der Waals surface area contributed by atoms with E-state index in [9.17, 15) is 0 Å². The van der Waals surface area contributed by atoms with Crippen molar-refractivity contribution in [2.75, 3.05) is 26.2 Å². The average molecular weight is 226 g/mol. The van der Waals surface area contributed by atoms with Crippen LogP contribution in [-0.4, -0.2) is 41.2 Å². The lowest BCUT2D eigenvalue weighted by atomic mass is 10.1. The first-order chi connectivity index (χ1) is 7.88. The van der Waals surface area contributed by atoms with Crippen LogP contribution in [0.15, 0.2) is 10.7 Å². The summed E-state index contributed by atoms with van der Waals surface area (Å²) in [5, 5.41) is 8.79. The van der Waals surface area contributed by atoms with Crippen molar-refractivity contribution in [3.05, 3.63) is 12.0 Å². The molecule has 1 aromatic heterocycles. The van der Waals surface area contributed by atoms with Crippen molar-refractivity contribution in [2.24, 2.45) is 0 Å². The zero-order chi connectivity index (χ0) is 11.2. The molecule has 0 aliphatic carbocycles. The Bertz CT molecular complexity index is 308. The predicted octanol–water partition coefficient (Wildman–Crippen LogP) is 1.03. The molecule has 1 N–H and O–H groups in total. The number of hydrogen-bond acceptors (Lipinski definition) is 5. The van der Waals surface area contributed by atoms with Gasteiger partial charge in [0.15, 0.2) is 0 Å². The Morgan fingerprint density at radius 1 is 1.38 bits per heavy atom. The van der Waals surface area contributed by atoms with Gasteiger partial charge in [-0.25, -0.2) is 0 Å². The summed E-state index contributed by atoms with van der Waals surface area (Å²) >= 11 is 0. The molecule has 0 spiro atoms. The van der Waals surface area contributed by atoms with Gasteiger partial charge in [-0.15, -0.1) is 0 Å². The van der Waals surface area contributed by atoms with Crippen LogP contribution in [-0.2, 0) is 6.61 Å². The van der Waals surface area contributed by atoms with Gasteiger partial charge in [-0.3, -0.25) is 4.90 Å². The number of hydrogen-bond donors (Lipinski definition) is 1. The maximum absolute atomic E-state index is 8.79. The monoisotopic (exact) mass is 226 g/mol. The highest BCUT2D eigenvalue weighted by Gasteiger charge is 2.10. The van der Waals surface area contributed by atoms with E-state index >= 15 is 0 Å². The van der Waals surface area contributed by atoms with E-state index in [0.29, 0.717) is 12.3 Å². The van der Waals surface area contributed by atoms with Crippen LogP contribution in [0.25, 0.3) is 0 Å². The highest BCUT2D eigenvalue weighted by atomic mass is 16.6. The third kappa shape index (κ3) is 3.21. The van der Waals surface area contributed by atoms with Gasteiger partial charge in [0.25, 0.3) is 0 Å². The summed E-state index contributed by atoms with van der Waals surface area (Å²) in [6.07, 6.45) is 5.58. The van der Waals surface area contributed by atoms with Gasteiger partial charge in [0.2, 0.25) is 0 Å². The van der Waals surface area contributed by atoms with E-state index < -0.39 is 0 Å². The van der Waals surface area contributed by atoms with Crippen LogP contribution in [0.5, 0.6) is 6.08 Å². The molecule has 1 aromatic rings. The van der Waals surface area contributed by atoms with Crippen molar-refractivity contribution >= 4 is 0 Å². The maximum Gasteiger partial charge on any atom is 0.393 e. The highest BCUT2D eigenvalue weighted by Crippen LogP contribution is 2.11. The number of ether oxygens (including phenoxy) is 1. The number of nitrogens with zero attached hydrogens (tertiary/aromatic N) is 2. The molecule has 5 nitrogen and oxygen atoms in total. The van der Waals surface area contributed by atoms with E-state index in [1.54, 1.807) is 0 Å². The molecule has 1 aliphatic heterocycles. The van der Waals surface area contributed by atoms with Gasteiger partial charge < -0.3 is 14.3 Å². The van der Waals surface area contributed by atoms with Gasteiger partial charge >= 0.3 is 6.08 Å². The normalized spacial score (nSPS) is 17.6. The average Bonchev–Trinajstić information content (AvgIpc) is 2.78. The summed E-state index contributed by atoms with van der Waals surface area (Å²) in [5.74, 6) is 0. The lowest BCUT2D eigenvalue weighted by Gasteiger charge is -2.25. The molecular weight excluding hydrogens is 208 g/mol. The molecule has 0 unspecified atom stereocenters. The summed E-state index contributed by atoms with van der Waals surface area (Å²) in [6.45, 7) is 3.72. The molecule has 1 saturated heterocycles. The van der Waals surface area contributed by atoms with Crippen LogP contribution in [0.4, 0.5) is 0 Å². The minimum Gasteiger partial charge on any atom is -0.449 e. The van der Waals surface area contributed by atoms with Crippen molar-refractivity contribution in [2.45, 2.75) is 25.9 Å².